The number of hydrogen-bond acceptors (Lipinski definition) is 1. The summed E-state index contributed by atoms with van der Waals surface area (Å²) in [4.78, 5) is 13.8. The molecular formula is C13H25NO. The maximum atomic E-state index is 11.8. The van der Waals surface area contributed by atoms with Crippen LogP contribution in [0.1, 0.15) is 58.8 Å². The van der Waals surface area contributed by atoms with Crippen LogP contribution in [0, 0.1) is 5.92 Å². The van der Waals surface area contributed by atoms with Gasteiger partial charge in [0.05, 0.1) is 0 Å². The number of carbonyl (C=O) groups is 1. The Kier molecular flexibility index (Phi) is 5.13. The Labute approximate surface area is 94.0 Å². The van der Waals surface area contributed by atoms with Crippen LogP contribution < -0.4 is 0 Å². The second kappa shape index (κ2) is 6.14. The third-order valence-corrected chi connectivity index (χ3v) is 3.67. The van der Waals surface area contributed by atoms with Crippen LogP contribution >= 0.6 is 0 Å². The van der Waals surface area contributed by atoms with Gasteiger partial charge < -0.3 is 4.90 Å². The Morgan fingerprint density at radius 2 is 1.87 bits per heavy atom. The van der Waals surface area contributed by atoms with Crippen LogP contribution in [0.4, 0.5) is 0 Å². The molecule has 0 aromatic rings. The third-order valence-electron chi connectivity index (χ3n) is 3.67. The molecule has 0 unspecified atom stereocenters. The topological polar surface area (TPSA) is 20.3 Å². The van der Waals surface area contributed by atoms with E-state index >= 15 is 0 Å². The van der Waals surface area contributed by atoms with E-state index in [9.17, 15) is 4.79 Å². The molecule has 0 aromatic carbocycles. The minimum Gasteiger partial charge on any atom is -0.343 e. The number of nitrogens with zero attached hydrogens (tertiary/aromatic N) is 1. The van der Waals surface area contributed by atoms with Gasteiger partial charge in [0.1, 0.15) is 0 Å². The molecule has 2 nitrogen and oxygen atoms in total. The molecule has 0 aromatic heterocycles. The number of unbranched alkanes of at least 4 members (excludes halogenated alkanes) is 1. The van der Waals surface area contributed by atoms with Crippen LogP contribution in [0.2, 0.25) is 0 Å². The Bertz CT molecular complexity index is 195. The first-order valence-electron chi connectivity index (χ1n) is 6.40. The van der Waals surface area contributed by atoms with E-state index in [1.54, 1.807) is 0 Å². The molecule has 1 fully saturated rings. The van der Waals surface area contributed by atoms with Gasteiger partial charge in [0.2, 0.25) is 5.91 Å². The largest absolute Gasteiger partial charge is 0.343 e. The number of amides is 1. The molecule has 0 bridgehead atoms. The van der Waals surface area contributed by atoms with E-state index in [2.05, 4.69) is 13.8 Å². The molecule has 0 aliphatic heterocycles. The highest BCUT2D eigenvalue weighted by atomic mass is 16.2. The molecule has 0 heterocycles. The van der Waals surface area contributed by atoms with Crippen molar-refractivity contribution in [2.24, 2.45) is 5.92 Å². The summed E-state index contributed by atoms with van der Waals surface area (Å²) in [5.74, 6) is 1.21. The molecule has 2 heteroatoms. The zero-order chi connectivity index (χ0) is 11.3. The standard InChI is InChI=1S/C13H25NO/c1-4-5-6-13(15)14(3)12-9-7-11(2)8-10-12/h11-12H,4-10H2,1-3H3. The lowest BCUT2D eigenvalue weighted by Crippen LogP contribution is -2.39. The summed E-state index contributed by atoms with van der Waals surface area (Å²) < 4.78 is 0. The van der Waals surface area contributed by atoms with Gasteiger partial charge >= 0.3 is 0 Å². The highest BCUT2D eigenvalue weighted by molar-refractivity contribution is 5.76. The van der Waals surface area contributed by atoms with E-state index < -0.39 is 0 Å². The SMILES string of the molecule is CCCCC(=O)N(C)C1CCC(C)CC1. The van der Waals surface area contributed by atoms with Crippen molar-refractivity contribution < 1.29 is 4.79 Å². The van der Waals surface area contributed by atoms with Gasteiger partial charge in [-0.05, 0) is 38.0 Å². The summed E-state index contributed by atoms with van der Waals surface area (Å²) in [6.45, 7) is 4.45. The lowest BCUT2D eigenvalue weighted by atomic mass is 9.86. The molecule has 88 valence electrons. The highest BCUT2D eigenvalue weighted by Gasteiger charge is 2.24. The molecule has 0 radical (unpaired) electrons. The van der Waals surface area contributed by atoms with Gasteiger partial charge in [-0.25, -0.2) is 0 Å². The molecule has 1 aliphatic carbocycles. The maximum absolute atomic E-state index is 11.8. The van der Waals surface area contributed by atoms with Crippen LogP contribution in [0.3, 0.4) is 0 Å². The van der Waals surface area contributed by atoms with E-state index in [4.69, 9.17) is 0 Å². The zero-order valence-corrected chi connectivity index (χ0v) is 10.5. The number of hydrogen-bond donors (Lipinski definition) is 0. The van der Waals surface area contributed by atoms with Crippen LogP contribution in [-0.4, -0.2) is 23.9 Å². The fourth-order valence-corrected chi connectivity index (χ4v) is 2.34. The minimum atomic E-state index is 0.344. The summed E-state index contributed by atoms with van der Waals surface area (Å²) in [5.41, 5.74) is 0. The van der Waals surface area contributed by atoms with Crippen molar-refractivity contribution in [3.05, 3.63) is 0 Å². The number of rotatable bonds is 4. The van der Waals surface area contributed by atoms with E-state index in [-0.39, 0.29) is 0 Å². The quantitative estimate of drug-likeness (QED) is 0.699. The van der Waals surface area contributed by atoms with Crippen LogP contribution in [-0.2, 0) is 4.79 Å². The summed E-state index contributed by atoms with van der Waals surface area (Å²) in [5, 5.41) is 0. The Balaban J connectivity index is 2.32. The predicted octanol–water partition coefficient (Wildman–Crippen LogP) is 3.21. The van der Waals surface area contributed by atoms with Gasteiger partial charge in [-0.2, -0.15) is 0 Å². The van der Waals surface area contributed by atoms with Crippen LogP contribution in [0.5, 0.6) is 0 Å². The first-order chi connectivity index (χ1) is 7.15. The summed E-state index contributed by atoms with van der Waals surface area (Å²) in [7, 11) is 1.98. The molecule has 0 N–H and O–H groups in total. The first-order valence-corrected chi connectivity index (χ1v) is 6.40. The molecule has 1 amide bonds. The summed E-state index contributed by atoms with van der Waals surface area (Å²) >= 11 is 0. The van der Waals surface area contributed by atoms with E-state index in [1.807, 2.05) is 11.9 Å². The second-order valence-electron chi connectivity index (χ2n) is 5.02. The normalized spacial score (nSPS) is 26.3. The van der Waals surface area contributed by atoms with Crippen molar-refractivity contribution in [2.45, 2.75) is 64.8 Å². The average Bonchev–Trinajstić information content (AvgIpc) is 2.26. The van der Waals surface area contributed by atoms with Crippen molar-refractivity contribution in [3.63, 3.8) is 0 Å². The van der Waals surface area contributed by atoms with Crippen molar-refractivity contribution in [2.75, 3.05) is 7.05 Å². The van der Waals surface area contributed by atoms with Gasteiger partial charge in [0.15, 0.2) is 0 Å². The van der Waals surface area contributed by atoms with Crippen molar-refractivity contribution in [1.29, 1.82) is 0 Å². The Morgan fingerprint density at radius 3 is 2.40 bits per heavy atom. The maximum Gasteiger partial charge on any atom is 0.222 e. The van der Waals surface area contributed by atoms with Gasteiger partial charge in [-0.15, -0.1) is 0 Å². The molecular weight excluding hydrogens is 186 g/mol. The smallest absolute Gasteiger partial charge is 0.222 e. The van der Waals surface area contributed by atoms with Crippen LogP contribution in [0.25, 0.3) is 0 Å². The highest BCUT2D eigenvalue weighted by Crippen LogP contribution is 2.26. The van der Waals surface area contributed by atoms with Crippen molar-refractivity contribution in [3.8, 4) is 0 Å². The first kappa shape index (κ1) is 12.5. The van der Waals surface area contributed by atoms with E-state index in [0.29, 0.717) is 11.9 Å². The summed E-state index contributed by atoms with van der Waals surface area (Å²) in [6.07, 6.45) is 7.86. The Morgan fingerprint density at radius 1 is 1.27 bits per heavy atom. The van der Waals surface area contributed by atoms with Crippen molar-refractivity contribution in [1.82, 2.24) is 4.90 Å². The van der Waals surface area contributed by atoms with E-state index in [1.165, 1.54) is 25.7 Å². The van der Waals surface area contributed by atoms with Gasteiger partial charge in [-0.1, -0.05) is 20.3 Å². The lowest BCUT2D eigenvalue weighted by Gasteiger charge is -2.33. The fraction of sp³-hybridized carbons (Fsp3) is 0.923. The molecule has 0 spiro atoms. The van der Waals surface area contributed by atoms with Crippen LogP contribution in [0.15, 0.2) is 0 Å². The molecule has 1 saturated carbocycles. The number of carbonyl (C=O) groups excluding carboxylic acids is 1. The summed E-state index contributed by atoms with van der Waals surface area (Å²) in [6, 6.07) is 0.519. The molecule has 0 atom stereocenters. The lowest BCUT2D eigenvalue weighted by molar-refractivity contribution is -0.132. The van der Waals surface area contributed by atoms with Gasteiger partial charge in [0.25, 0.3) is 0 Å². The zero-order valence-electron chi connectivity index (χ0n) is 10.5. The predicted molar refractivity (Wildman–Crippen MR) is 63.7 cm³/mol. The third kappa shape index (κ3) is 3.84. The molecule has 15 heavy (non-hydrogen) atoms. The molecule has 1 aliphatic rings. The molecule has 1 rings (SSSR count). The fourth-order valence-electron chi connectivity index (χ4n) is 2.34. The Hall–Kier alpha value is -0.530. The van der Waals surface area contributed by atoms with Crippen molar-refractivity contribution >= 4 is 5.91 Å². The monoisotopic (exact) mass is 211 g/mol. The average molecular weight is 211 g/mol. The molecule has 0 saturated heterocycles. The van der Waals surface area contributed by atoms with Gasteiger partial charge in [0, 0.05) is 19.5 Å². The minimum absolute atomic E-state index is 0.344. The van der Waals surface area contributed by atoms with Gasteiger partial charge in [-0.3, -0.25) is 4.79 Å². The van der Waals surface area contributed by atoms with E-state index in [0.717, 1.165) is 25.2 Å². The second-order valence-corrected chi connectivity index (χ2v) is 5.02.